The van der Waals surface area contributed by atoms with Crippen LogP contribution in [0.3, 0.4) is 0 Å². The minimum atomic E-state index is 0.202. The number of amides is 1. The molecule has 1 aliphatic rings. The quantitative estimate of drug-likeness (QED) is 0.820. The van der Waals surface area contributed by atoms with Crippen LogP contribution in [0, 0.1) is 17.8 Å². The Balaban J connectivity index is 2.41. The van der Waals surface area contributed by atoms with E-state index in [2.05, 4.69) is 27.7 Å². The van der Waals surface area contributed by atoms with Gasteiger partial charge in [-0.1, -0.05) is 20.8 Å². The monoisotopic (exact) mass is 254 g/mol. The first-order valence-electron chi connectivity index (χ1n) is 7.43. The summed E-state index contributed by atoms with van der Waals surface area (Å²) < 4.78 is 0. The van der Waals surface area contributed by atoms with E-state index < -0.39 is 0 Å². The van der Waals surface area contributed by atoms with Gasteiger partial charge < -0.3 is 10.6 Å². The highest BCUT2D eigenvalue weighted by atomic mass is 16.2. The van der Waals surface area contributed by atoms with Gasteiger partial charge in [-0.15, -0.1) is 0 Å². The third-order valence-corrected chi connectivity index (χ3v) is 3.95. The second-order valence-corrected chi connectivity index (χ2v) is 6.54. The van der Waals surface area contributed by atoms with Gasteiger partial charge in [-0.2, -0.15) is 0 Å². The Morgan fingerprint density at radius 3 is 2.56 bits per heavy atom. The molecule has 0 spiro atoms. The first-order chi connectivity index (χ1) is 8.40. The number of piperidine rings is 1. The van der Waals surface area contributed by atoms with Crippen molar-refractivity contribution < 1.29 is 4.79 Å². The normalized spacial score (nSPS) is 24.1. The first kappa shape index (κ1) is 15.5. The zero-order chi connectivity index (χ0) is 13.7. The molecule has 3 nitrogen and oxygen atoms in total. The van der Waals surface area contributed by atoms with Gasteiger partial charge in [-0.25, -0.2) is 0 Å². The van der Waals surface area contributed by atoms with Gasteiger partial charge in [0, 0.05) is 25.6 Å². The molecule has 3 heteroatoms. The fourth-order valence-electron chi connectivity index (χ4n) is 2.98. The molecule has 0 radical (unpaired) electrons. The summed E-state index contributed by atoms with van der Waals surface area (Å²) in [5.74, 6) is 1.98. The zero-order valence-electron chi connectivity index (χ0n) is 12.5. The maximum Gasteiger partial charge on any atom is 0.222 e. The number of likely N-dealkylation sites (tertiary alicyclic amines) is 1. The SMILES string of the molecule is CC(C)CC(C)CC(=O)N1CCCC(C(C)N)C1. The van der Waals surface area contributed by atoms with Crippen LogP contribution in [0.5, 0.6) is 0 Å². The highest BCUT2D eigenvalue weighted by Gasteiger charge is 2.26. The van der Waals surface area contributed by atoms with E-state index in [0.29, 0.717) is 30.1 Å². The molecule has 3 atom stereocenters. The third kappa shape index (κ3) is 4.97. The summed E-state index contributed by atoms with van der Waals surface area (Å²) in [5.41, 5.74) is 5.96. The van der Waals surface area contributed by atoms with Crippen LogP contribution >= 0.6 is 0 Å². The minimum absolute atomic E-state index is 0.202. The number of nitrogens with two attached hydrogens (primary N) is 1. The van der Waals surface area contributed by atoms with Crippen LogP contribution in [-0.2, 0) is 4.79 Å². The fraction of sp³-hybridized carbons (Fsp3) is 0.933. The predicted molar refractivity (Wildman–Crippen MR) is 76.2 cm³/mol. The van der Waals surface area contributed by atoms with Crippen molar-refractivity contribution in [3.8, 4) is 0 Å². The van der Waals surface area contributed by atoms with Crippen molar-refractivity contribution in [1.82, 2.24) is 4.90 Å². The number of hydrogen-bond acceptors (Lipinski definition) is 2. The van der Waals surface area contributed by atoms with Gasteiger partial charge in [0.25, 0.3) is 0 Å². The summed E-state index contributed by atoms with van der Waals surface area (Å²) in [6.45, 7) is 10.5. The van der Waals surface area contributed by atoms with E-state index >= 15 is 0 Å². The highest BCUT2D eigenvalue weighted by molar-refractivity contribution is 5.76. The van der Waals surface area contributed by atoms with Crippen LogP contribution in [0.25, 0.3) is 0 Å². The van der Waals surface area contributed by atoms with Crippen molar-refractivity contribution in [2.75, 3.05) is 13.1 Å². The van der Waals surface area contributed by atoms with Gasteiger partial charge in [-0.3, -0.25) is 4.79 Å². The van der Waals surface area contributed by atoms with E-state index in [0.717, 1.165) is 25.9 Å². The molecule has 18 heavy (non-hydrogen) atoms. The molecule has 3 unspecified atom stereocenters. The Labute approximate surface area is 112 Å². The van der Waals surface area contributed by atoms with Crippen molar-refractivity contribution in [3.63, 3.8) is 0 Å². The maximum absolute atomic E-state index is 12.2. The standard InChI is InChI=1S/C15H30N2O/c1-11(2)8-12(3)9-15(18)17-7-5-6-14(10-17)13(4)16/h11-14H,5-10,16H2,1-4H3. The molecule has 1 aliphatic heterocycles. The molecule has 0 aromatic heterocycles. The van der Waals surface area contributed by atoms with Gasteiger partial charge in [0.2, 0.25) is 5.91 Å². The molecule has 1 heterocycles. The minimum Gasteiger partial charge on any atom is -0.342 e. The Morgan fingerprint density at radius 1 is 1.33 bits per heavy atom. The lowest BCUT2D eigenvalue weighted by molar-refractivity contribution is -0.134. The van der Waals surface area contributed by atoms with Gasteiger partial charge in [0.15, 0.2) is 0 Å². The molecule has 1 saturated heterocycles. The van der Waals surface area contributed by atoms with E-state index in [1.807, 2.05) is 4.90 Å². The second kappa shape index (κ2) is 7.13. The van der Waals surface area contributed by atoms with E-state index in [1.54, 1.807) is 0 Å². The van der Waals surface area contributed by atoms with Crippen molar-refractivity contribution in [2.45, 2.75) is 59.4 Å². The summed E-state index contributed by atoms with van der Waals surface area (Å²) >= 11 is 0. The van der Waals surface area contributed by atoms with Gasteiger partial charge >= 0.3 is 0 Å². The highest BCUT2D eigenvalue weighted by Crippen LogP contribution is 2.21. The average Bonchev–Trinajstić information content (AvgIpc) is 2.27. The molecule has 1 rings (SSSR count). The number of nitrogens with zero attached hydrogens (tertiary/aromatic N) is 1. The first-order valence-corrected chi connectivity index (χ1v) is 7.43. The Kier molecular flexibility index (Phi) is 6.13. The largest absolute Gasteiger partial charge is 0.342 e. The molecule has 0 saturated carbocycles. The summed E-state index contributed by atoms with van der Waals surface area (Å²) in [6, 6.07) is 0.202. The van der Waals surface area contributed by atoms with E-state index in [4.69, 9.17) is 5.73 Å². The van der Waals surface area contributed by atoms with Gasteiger partial charge in [0.05, 0.1) is 0 Å². The molecule has 0 aromatic rings. The predicted octanol–water partition coefficient (Wildman–Crippen LogP) is 2.64. The van der Waals surface area contributed by atoms with E-state index in [9.17, 15) is 4.79 Å². The number of hydrogen-bond donors (Lipinski definition) is 1. The topological polar surface area (TPSA) is 46.3 Å². The van der Waals surface area contributed by atoms with Crippen LogP contribution in [0.2, 0.25) is 0 Å². The molecule has 106 valence electrons. The molecular formula is C15H30N2O. The summed E-state index contributed by atoms with van der Waals surface area (Å²) in [5, 5.41) is 0. The van der Waals surface area contributed by atoms with E-state index in [-0.39, 0.29) is 6.04 Å². The van der Waals surface area contributed by atoms with Crippen molar-refractivity contribution >= 4 is 5.91 Å². The smallest absolute Gasteiger partial charge is 0.222 e. The molecule has 0 bridgehead atoms. The van der Waals surface area contributed by atoms with Crippen molar-refractivity contribution in [3.05, 3.63) is 0 Å². The van der Waals surface area contributed by atoms with Crippen molar-refractivity contribution in [1.29, 1.82) is 0 Å². The van der Waals surface area contributed by atoms with Crippen LogP contribution in [0.4, 0.5) is 0 Å². The fourth-order valence-corrected chi connectivity index (χ4v) is 2.98. The molecule has 1 fully saturated rings. The molecule has 2 N–H and O–H groups in total. The Morgan fingerprint density at radius 2 is 2.00 bits per heavy atom. The van der Waals surface area contributed by atoms with Crippen LogP contribution < -0.4 is 5.73 Å². The van der Waals surface area contributed by atoms with Crippen molar-refractivity contribution in [2.24, 2.45) is 23.5 Å². The maximum atomic E-state index is 12.2. The van der Waals surface area contributed by atoms with Gasteiger partial charge in [0.1, 0.15) is 0 Å². The lowest BCUT2D eigenvalue weighted by atomic mass is 9.91. The average molecular weight is 254 g/mol. The summed E-state index contributed by atoms with van der Waals surface area (Å²) in [7, 11) is 0. The number of carbonyl (C=O) groups excluding carboxylic acids is 1. The molecular weight excluding hydrogens is 224 g/mol. The third-order valence-electron chi connectivity index (χ3n) is 3.95. The number of rotatable bonds is 5. The molecule has 1 amide bonds. The molecule has 0 aliphatic carbocycles. The second-order valence-electron chi connectivity index (χ2n) is 6.54. The van der Waals surface area contributed by atoms with Crippen LogP contribution in [-0.4, -0.2) is 29.9 Å². The summed E-state index contributed by atoms with van der Waals surface area (Å²) in [6.07, 6.45) is 4.11. The lowest BCUT2D eigenvalue weighted by Gasteiger charge is -2.35. The summed E-state index contributed by atoms with van der Waals surface area (Å²) in [4.78, 5) is 14.3. The lowest BCUT2D eigenvalue weighted by Crippen LogP contribution is -2.45. The van der Waals surface area contributed by atoms with Crippen LogP contribution in [0.15, 0.2) is 0 Å². The van der Waals surface area contributed by atoms with Gasteiger partial charge in [-0.05, 0) is 43.9 Å². The van der Waals surface area contributed by atoms with E-state index in [1.165, 1.54) is 6.42 Å². The molecule has 0 aromatic carbocycles. The Hall–Kier alpha value is -0.570. The number of carbonyl (C=O) groups is 1. The Bertz CT molecular complexity index is 263. The zero-order valence-corrected chi connectivity index (χ0v) is 12.5. The van der Waals surface area contributed by atoms with Crippen LogP contribution in [0.1, 0.15) is 53.4 Å².